The Morgan fingerprint density at radius 1 is 1.42 bits per heavy atom. The normalized spacial score (nSPS) is 21.7. The second-order valence-corrected chi connectivity index (χ2v) is 4.76. The first-order chi connectivity index (χ1) is 9.08. The van der Waals surface area contributed by atoms with E-state index in [4.69, 9.17) is 9.63 Å². The number of nitrogens with zero attached hydrogens (tertiary/aromatic N) is 2. The van der Waals surface area contributed by atoms with Crippen molar-refractivity contribution >= 4 is 11.9 Å². The highest BCUT2D eigenvalue weighted by molar-refractivity contribution is 5.86. The van der Waals surface area contributed by atoms with Gasteiger partial charge in [0.1, 0.15) is 0 Å². The van der Waals surface area contributed by atoms with Gasteiger partial charge in [0.2, 0.25) is 11.8 Å². The Labute approximate surface area is 110 Å². The highest BCUT2D eigenvalue weighted by Gasteiger charge is 2.41. The minimum Gasteiger partial charge on any atom is -0.481 e. The van der Waals surface area contributed by atoms with Gasteiger partial charge in [-0.25, -0.2) is 0 Å². The predicted molar refractivity (Wildman–Crippen MR) is 64.2 cm³/mol. The quantitative estimate of drug-likeness (QED) is 0.729. The number of nitrogens with one attached hydrogen (secondary N) is 1. The van der Waals surface area contributed by atoms with Gasteiger partial charge < -0.3 is 14.9 Å². The van der Waals surface area contributed by atoms with Crippen LogP contribution in [-0.4, -0.2) is 33.7 Å². The molecule has 2 N–H and O–H groups in total. The second kappa shape index (κ2) is 5.81. The highest BCUT2D eigenvalue weighted by atomic mass is 16.5. The zero-order valence-corrected chi connectivity index (χ0v) is 10.8. The van der Waals surface area contributed by atoms with Crippen molar-refractivity contribution in [1.29, 1.82) is 0 Å². The van der Waals surface area contributed by atoms with Crippen LogP contribution in [0.3, 0.4) is 0 Å². The molecule has 104 valence electrons. The largest absolute Gasteiger partial charge is 0.481 e. The van der Waals surface area contributed by atoms with E-state index in [0.29, 0.717) is 43.9 Å². The van der Waals surface area contributed by atoms with E-state index in [9.17, 15) is 9.59 Å². The average Bonchev–Trinajstić information content (AvgIpc) is 2.68. The molecule has 2 atom stereocenters. The molecule has 7 heteroatoms. The number of carboxylic acid groups (broad SMARTS) is 1. The number of hydrogen-bond donors (Lipinski definition) is 2. The first-order valence-electron chi connectivity index (χ1n) is 6.37. The van der Waals surface area contributed by atoms with Crippen molar-refractivity contribution < 1.29 is 19.2 Å². The van der Waals surface area contributed by atoms with Crippen LogP contribution in [0.1, 0.15) is 31.0 Å². The van der Waals surface area contributed by atoms with Gasteiger partial charge in [0.25, 0.3) is 0 Å². The van der Waals surface area contributed by atoms with Crippen LogP contribution in [0.15, 0.2) is 4.52 Å². The van der Waals surface area contributed by atoms with E-state index < -0.39 is 11.9 Å². The fraction of sp³-hybridized carbons (Fsp3) is 0.667. The van der Waals surface area contributed by atoms with Gasteiger partial charge in [0.05, 0.1) is 11.8 Å². The minimum atomic E-state index is -0.882. The van der Waals surface area contributed by atoms with Crippen LogP contribution in [0.4, 0.5) is 0 Å². The van der Waals surface area contributed by atoms with Gasteiger partial charge in [0.15, 0.2) is 5.82 Å². The summed E-state index contributed by atoms with van der Waals surface area (Å²) >= 11 is 0. The molecule has 1 saturated carbocycles. The third-order valence-corrected chi connectivity index (χ3v) is 3.36. The summed E-state index contributed by atoms with van der Waals surface area (Å²) in [5.74, 6) is -0.786. The monoisotopic (exact) mass is 267 g/mol. The maximum atomic E-state index is 11.7. The van der Waals surface area contributed by atoms with E-state index in [2.05, 4.69) is 15.5 Å². The summed E-state index contributed by atoms with van der Waals surface area (Å²) in [5.41, 5.74) is 0. The number of aryl methyl sites for hydroxylation is 2. The summed E-state index contributed by atoms with van der Waals surface area (Å²) in [4.78, 5) is 26.6. The fourth-order valence-corrected chi connectivity index (χ4v) is 2.13. The zero-order chi connectivity index (χ0) is 13.8. The Hall–Kier alpha value is -1.92. The molecule has 1 aliphatic rings. The first kappa shape index (κ1) is 13.5. The Kier molecular flexibility index (Phi) is 4.13. The van der Waals surface area contributed by atoms with Crippen LogP contribution >= 0.6 is 0 Å². The number of hydrogen-bond acceptors (Lipinski definition) is 5. The SMILES string of the molecule is Cc1noc(CCCNC(=O)C2CCC2C(=O)O)n1. The number of carbonyl (C=O) groups is 2. The van der Waals surface area contributed by atoms with Crippen LogP contribution in [0, 0.1) is 18.8 Å². The molecule has 0 aromatic carbocycles. The fourth-order valence-electron chi connectivity index (χ4n) is 2.13. The Morgan fingerprint density at radius 3 is 2.68 bits per heavy atom. The van der Waals surface area contributed by atoms with E-state index in [-0.39, 0.29) is 11.8 Å². The molecule has 0 bridgehead atoms. The predicted octanol–water partition coefficient (Wildman–Crippen LogP) is 0.538. The van der Waals surface area contributed by atoms with Gasteiger partial charge in [0, 0.05) is 13.0 Å². The highest BCUT2D eigenvalue weighted by Crippen LogP contribution is 2.34. The number of carbonyl (C=O) groups excluding carboxylic acids is 1. The summed E-state index contributed by atoms with van der Waals surface area (Å²) in [6.45, 7) is 2.24. The van der Waals surface area contributed by atoms with Crippen molar-refractivity contribution in [3.63, 3.8) is 0 Å². The molecule has 1 aromatic heterocycles. The molecular weight excluding hydrogens is 250 g/mol. The van der Waals surface area contributed by atoms with Crippen molar-refractivity contribution in [2.24, 2.45) is 11.8 Å². The molecule has 19 heavy (non-hydrogen) atoms. The summed E-state index contributed by atoms with van der Waals surface area (Å²) in [5, 5.41) is 15.3. The second-order valence-electron chi connectivity index (χ2n) is 4.76. The number of rotatable bonds is 6. The lowest BCUT2D eigenvalue weighted by Gasteiger charge is -2.31. The molecule has 1 heterocycles. The van der Waals surface area contributed by atoms with Crippen LogP contribution in [0.2, 0.25) is 0 Å². The maximum absolute atomic E-state index is 11.7. The summed E-state index contributed by atoms with van der Waals surface area (Å²) in [6.07, 6.45) is 2.55. The zero-order valence-electron chi connectivity index (χ0n) is 10.8. The molecule has 2 unspecified atom stereocenters. The van der Waals surface area contributed by atoms with Crippen molar-refractivity contribution in [2.75, 3.05) is 6.54 Å². The number of carboxylic acids is 1. The Balaban J connectivity index is 1.66. The van der Waals surface area contributed by atoms with Gasteiger partial charge in [-0.1, -0.05) is 5.16 Å². The van der Waals surface area contributed by atoms with E-state index in [1.807, 2.05) is 0 Å². The smallest absolute Gasteiger partial charge is 0.307 e. The molecule has 0 spiro atoms. The lowest BCUT2D eigenvalue weighted by molar-refractivity contribution is -0.152. The number of amides is 1. The third kappa shape index (κ3) is 3.30. The van der Waals surface area contributed by atoms with Crippen molar-refractivity contribution in [2.45, 2.75) is 32.6 Å². The summed E-state index contributed by atoms with van der Waals surface area (Å²) in [7, 11) is 0. The summed E-state index contributed by atoms with van der Waals surface area (Å²) in [6, 6.07) is 0. The number of aliphatic carboxylic acids is 1. The van der Waals surface area contributed by atoms with E-state index in [0.717, 1.165) is 0 Å². The topological polar surface area (TPSA) is 105 Å². The van der Waals surface area contributed by atoms with Crippen LogP contribution in [0.5, 0.6) is 0 Å². The van der Waals surface area contributed by atoms with E-state index in [1.54, 1.807) is 6.92 Å². The molecule has 1 aromatic rings. The lowest BCUT2D eigenvalue weighted by atomic mass is 9.73. The molecule has 0 aliphatic heterocycles. The molecule has 7 nitrogen and oxygen atoms in total. The van der Waals surface area contributed by atoms with E-state index in [1.165, 1.54) is 0 Å². The molecule has 2 rings (SSSR count). The third-order valence-electron chi connectivity index (χ3n) is 3.36. The summed E-state index contributed by atoms with van der Waals surface area (Å²) < 4.78 is 4.95. The average molecular weight is 267 g/mol. The van der Waals surface area contributed by atoms with Gasteiger partial charge in [-0.05, 0) is 26.2 Å². The molecule has 1 aliphatic carbocycles. The minimum absolute atomic E-state index is 0.166. The molecule has 1 amide bonds. The van der Waals surface area contributed by atoms with Crippen molar-refractivity contribution in [3.05, 3.63) is 11.7 Å². The van der Waals surface area contributed by atoms with Crippen LogP contribution in [0.25, 0.3) is 0 Å². The molecule has 0 saturated heterocycles. The maximum Gasteiger partial charge on any atom is 0.307 e. The van der Waals surface area contributed by atoms with Crippen molar-refractivity contribution in [1.82, 2.24) is 15.5 Å². The van der Waals surface area contributed by atoms with E-state index >= 15 is 0 Å². The Morgan fingerprint density at radius 2 is 2.16 bits per heavy atom. The van der Waals surface area contributed by atoms with Gasteiger partial charge in [-0.3, -0.25) is 9.59 Å². The van der Waals surface area contributed by atoms with Gasteiger partial charge in [-0.2, -0.15) is 4.98 Å². The lowest BCUT2D eigenvalue weighted by Crippen LogP contribution is -2.44. The van der Waals surface area contributed by atoms with Crippen LogP contribution < -0.4 is 5.32 Å². The number of aromatic nitrogens is 2. The molecule has 1 fully saturated rings. The standard InChI is InChI=1S/C12H17N3O4/c1-7-14-10(19-15-7)3-2-6-13-11(16)8-4-5-9(8)12(17)18/h8-9H,2-6H2,1H3,(H,13,16)(H,17,18). The van der Waals surface area contributed by atoms with Crippen LogP contribution in [-0.2, 0) is 16.0 Å². The van der Waals surface area contributed by atoms with Crippen molar-refractivity contribution in [3.8, 4) is 0 Å². The van der Waals surface area contributed by atoms with Gasteiger partial charge >= 0.3 is 5.97 Å². The molecule has 0 radical (unpaired) electrons. The first-order valence-corrected chi connectivity index (χ1v) is 6.37. The van der Waals surface area contributed by atoms with Gasteiger partial charge in [-0.15, -0.1) is 0 Å². The Bertz CT molecular complexity index is 471. The molecular formula is C12H17N3O4.